The van der Waals surface area contributed by atoms with Crippen LogP contribution in [-0.2, 0) is 0 Å². The zero-order chi connectivity index (χ0) is 13.8. The van der Waals surface area contributed by atoms with Crippen LogP contribution in [0.3, 0.4) is 0 Å². The molecular formula is C12H12N4O2S. The summed E-state index contributed by atoms with van der Waals surface area (Å²) in [5.74, 6) is -1.03. The topological polar surface area (TPSA) is 78.2 Å². The minimum absolute atomic E-state index is 0.117. The zero-order valence-corrected chi connectivity index (χ0v) is 11.3. The largest absolute Gasteiger partial charge is 0.478 e. The van der Waals surface area contributed by atoms with E-state index in [0.717, 1.165) is 5.69 Å². The molecule has 1 heterocycles. The number of nitrogens with zero attached hydrogens (tertiary/aromatic N) is 4. The highest BCUT2D eigenvalue weighted by Crippen LogP contribution is 2.27. The number of aromatic carboxylic acids is 1. The third kappa shape index (κ3) is 3.14. The van der Waals surface area contributed by atoms with E-state index in [-0.39, 0.29) is 5.56 Å². The first-order chi connectivity index (χ1) is 9.08. The van der Waals surface area contributed by atoms with E-state index in [9.17, 15) is 9.90 Å². The fourth-order valence-electron chi connectivity index (χ4n) is 1.42. The maximum atomic E-state index is 11.2. The van der Waals surface area contributed by atoms with Crippen molar-refractivity contribution in [1.82, 2.24) is 4.98 Å². The normalized spacial score (nSPS) is 10.8. The molecule has 1 aromatic heterocycles. The van der Waals surface area contributed by atoms with Gasteiger partial charge in [-0.1, -0.05) is 0 Å². The quantitative estimate of drug-likeness (QED) is 0.869. The Bertz CT molecular complexity index is 608. The summed E-state index contributed by atoms with van der Waals surface area (Å²) in [4.78, 5) is 17.0. The Balaban J connectivity index is 2.37. The highest BCUT2D eigenvalue weighted by atomic mass is 32.1. The van der Waals surface area contributed by atoms with E-state index in [4.69, 9.17) is 0 Å². The van der Waals surface area contributed by atoms with Crippen LogP contribution in [-0.4, -0.2) is 30.2 Å². The van der Waals surface area contributed by atoms with E-state index in [1.54, 1.807) is 29.8 Å². The summed E-state index contributed by atoms with van der Waals surface area (Å²) in [7, 11) is 3.69. The third-order valence-corrected chi connectivity index (χ3v) is 3.05. The van der Waals surface area contributed by atoms with Crippen molar-refractivity contribution in [2.45, 2.75) is 0 Å². The number of hydrogen-bond acceptors (Lipinski definition) is 6. The van der Waals surface area contributed by atoms with Gasteiger partial charge in [-0.3, -0.25) is 0 Å². The molecule has 6 nitrogen and oxygen atoms in total. The molecule has 0 unspecified atom stereocenters. The molecule has 0 aliphatic rings. The molecule has 0 amide bonds. The van der Waals surface area contributed by atoms with Gasteiger partial charge in [0.1, 0.15) is 5.69 Å². The maximum absolute atomic E-state index is 11.2. The number of rotatable bonds is 4. The van der Waals surface area contributed by atoms with E-state index < -0.39 is 5.97 Å². The van der Waals surface area contributed by atoms with Crippen LogP contribution in [0, 0.1) is 0 Å². The molecule has 2 aromatic rings. The summed E-state index contributed by atoms with van der Waals surface area (Å²) in [6.45, 7) is 0. The van der Waals surface area contributed by atoms with E-state index >= 15 is 0 Å². The molecule has 1 aromatic carbocycles. The number of carbonyl (C=O) groups is 1. The van der Waals surface area contributed by atoms with Gasteiger partial charge in [0.2, 0.25) is 5.13 Å². The lowest BCUT2D eigenvalue weighted by atomic mass is 10.1. The molecule has 7 heteroatoms. The van der Waals surface area contributed by atoms with Crippen molar-refractivity contribution in [3.63, 3.8) is 0 Å². The van der Waals surface area contributed by atoms with Crippen molar-refractivity contribution in [1.29, 1.82) is 0 Å². The maximum Gasteiger partial charge on any atom is 0.338 e. The number of carboxylic acids is 1. The molecule has 98 valence electrons. The van der Waals surface area contributed by atoms with Crippen LogP contribution in [0.25, 0.3) is 0 Å². The molecule has 0 saturated carbocycles. The molecule has 0 spiro atoms. The lowest BCUT2D eigenvalue weighted by Gasteiger charge is -2.13. The Morgan fingerprint density at radius 2 is 2.16 bits per heavy atom. The predicted molar refractivity (Wildman–Crippen MR) is 74.0 cm³/mol. The van der Waals surface area contributed by atoms with E-state index in [2.05, 4.69) is 15.2 Å². The average Bonchev–Trinajstić information content (AvgIpc) is 2.89. The summed E-state index contributed by atoms with van der Waals surface area (Å²) in [6.07, 6.45) is 1.62. The minimum Gasteiger partial charge on any atom is -0.478 e. The minimum atomic E-state index is -1.03. The zero-order valence-electron chi connectivity index (χ0n) is 10.4. The first kappa shape index (κ1) is 13.2. The van der Waals surface area contributed by atoms with E-state index in [1.165, 1.54) is 11.3 Å². The fourth-order valence-corrected chi connectivity index (χ4v) is 1.88. The molecule has 0 aliphatic heterocycles. The van der Waals surface area contributed by atoms with Gasteiger partial charge < -0.3 is 10.0 Å². The van der Waals surface area contributed by atoms with Crippen molar-refractivity contribution in [3.8, 4) is 0 Å². The van der Waals surface area contributed by atoms with Gasteiger partial charge in [0, 0.05) is 31.4 Å². The van der Waals surface area contributed by atoms with Gasteiger partial charge >= 0.3 is 5.97 Å². The highest BCUT2D eigenvalue weighted by molar-refractivity contribution is 7.13. The first-order valence-corrected chi connectivity index (χ1v) is 6.32. The Kier molecular flexibility index (Phi) is 3.86. The van der Waals surface area contributed by atoms with E-state index in [0.29, 0.717) is 10.8 Å². The van der Waals surface area contributed by atoms with Gasteiger partial charge in [0.05, 0.1) is 5.56 Å². The van der Waals surface area contributed by atoms with Crippen molar-refractivity contribution >= 4 is 33.8 Å². The molecule has 0 saturated heterocycles. The number of benzene rings is 1. The number of aromatic nitrogens is 1. The Labute approximate surface area is 114 Å². The third-order valence-electron chi connectivity index (χ3n) is 2.39. The Hall–Kier alpha value is -2.28. The van der Waals surface area contributed by atoms with Gasteiger partial charge in [-0.2, -0.15) is 0 Å². The number of hydrogen-bond donors (Lipinski definition) is 1. The monoisotopic (exact) mass is 276 g/mol. The summed E-state index contributed by atoms with van der Waals surface area (Å²) in [5.41, 5.74) is 1.23. The van der Waals surface area contributed by atoms with Crippen LogP contribution in [0.4, 0.5) is 16.5 Å². The summed E-state index contributed by atoms with van der Waals surface area (Å²) in [6, 6.07) is 5.00. The van der Waals surface area contributed by atoms with Crippen molar-refractivity contribution in [3.05, 3.63) is 35.3 Å². The molecule has 0 atom stereocenters. The SMILES string of the molecule is CN(C)c1ccc(N=Nc2nccs2)c(C(=O)O)c1. The predicted octanol–water partition coefficient (Wildman–Crippen LogP) is 3.32. The molecule has 19 heavy (non-hydrogen) atoms. The molecule has 0 radical (unpaired) electrons. The van der Waals surface area contributed by atoms with Crippen LogP contribution in [0.2, 0.25) is 0 Å². The second-order valence-corrected chi connectivity index (χ2v) is 4.79. The molecule has 0 aliphatic carbocycles. The van der Waals surface area contributed by atoms with Gasteiger partial charge in [-0.25, -0.2) is 9.78 Å². The van der Waals surface area contributed by atoms with Crippen LogP contribution in [0.15, 0.2) is 40.0 Å². The van der Waals surface area contributed by atoms with Crippen LogP contribution in [0.5, 0.6) is 0 Å². The van der Waals surface area contributed by atoms with E-state index in [1.807, 2.05) is 19.0 Å². The van der Waals surface area contributed by atoms with Crippen molar-refractivity contribution in [2.24, 2.45) is 10.2 Å². The number of carboxylic acid groups (broad SMARTS) is 1. The van der Waals surface area contributed by atoms with Crippen molar-refractivity contribution < 1.29 is 9.90 Å². The summed E-state index contributed by atoms with van der Waals surface area (Å²) < 4.78 is 0. The lowest BCUT2D eigenvalue weighted by molar-refractivity contribution is 0.0698. The molecular weight excluding hydrogens is 264 g/mol. The summed E-state index contributed by atoms with van der Waals surface area (Å²) in [5, 5.41) is 19.3. The summed E-state index contributed by atoms with van der Waals surface area (Å²) >= 11 is 1.34. The highest BCUT2D eigenvalue weighted by Gasteiger charge is 2.11. The van der Waals surface area contributed by atoms with Gasteiger partial charge in [-0.15, -0.1) is 21.6 Å². The van der Waals surface area contributed by atoms with Crippen LogP contribution < -0.4 is 4.90 Å². The standard InChI is InChI=1S/C12H12N4O2S/c1-16(2)8-3-4-10(9(7-8)11(17)18)14-15-12-13-5-6-19-12/h3-7H,1-2H3,(H,17,18). The second kappa shape index (κ2) is 5.57. The smallest absolute Gasteiger partial charge is 0.338 e. The van der Waals surface area contributed by atoms with Crippen LogP contribution in [0.1, 0.15) is 10.4 Å². The average molecular weight is 276 g/mol. The van der Waals surface area contributed by atoms with Crippen molar-refractivity contribution in [2.75, 3.05) is 19.0 Å². The fraction of sp³-hybridized carbons (Fsp3) is 0.167. The molecule has 1 N–H and O–H groups in total. The number of azo groups is 1. The first-order valence-electron chi connectivity index (χ1n) is 5.44. The van der Waals surface area contributed by atoms with Gasteiger partial charge in [0.25, 0.3) is 0 Å². The Morgan fingerprint density at radius 1 is 1.37 bits per heavy atom. The number of thiazole rings is 1. The van der Waals surface area contributed by atoms with Gasteiger partial charge in [-0.05, 0) is 18.2 Å². The van der Waals surface area contributed by atoms with Crippen LogP contribution >= 0.6 is 11.3 Å². The second-order valence-electron chi connectivity index (χ2n) is 3.92. The lowest BCUT2D eigenvalue weighted by Crippen LogP contribution is -2.09. The Morgan fingerprint density at radius 3 is 2.74 bits per heavy atom. The molecule has 0 bridgehead atoms. The van der Waals surface area contributed by atoms with Gasteiger partial charge in [0.15, 0.2) is 0 Å². The molecule has 2 rings (SSSR count). The number of anilines is 1. The molecule has 0 fully saturated rings.